The van der Waals surface area contributed by atoms with Gasteiger partial charge in [-0.15, -0.1) is 11.8 Å². The Morgan fingerprint density at radius 3 is 2.52 bits per heavy atom. The summed E-state index contributed by atoms with van der Waals surface area (Å²) in [5, 5.41) is 4.76. The van der Waals surface area contributed by atoms with E-state index in [1.807, 2.05) is 0 Å². The van der Waals surface area contributed by atoms with Gasteiger partial charge in [-0.05, 0) is 18.1 Å². The highest BCUT2D eigenvalue weighted by molar-refractivity contribution is 7.99. The smallest absolute Gasteiger partial charge is 0.220 e. The Labute approximate surface area is 185 Å². The SMILES string of the molecule is CC(C)c1nc2cc(Cl)c(Cl)cc2nc1SCCC(=O)NCCN1CCOCC1. The molecule has 0 atom stereocenters. The Bertz CT molecular complexity index is 860. The van der Waals surface area contributed by atoms with Crippen molar-refractivity contribution in [2.24, 2.45) is 0 Å². The maximum atomic E-state index is 12.2. The molecule has 9 heteroatoms. The van der Waals surface area contributed by atoms with Gasteiger partial charge in [0.2, 0.25) is 5.91 Å². The number of rotatable bonds is 8. The standard InChI is InChI=1S/C20H26Cl2N4O2S/c1-13(2)19-20(25-17-12-15(22)14(21)11-16(17)24-19)29-10-3-18(27)23-4-5-26-6-8-28-9-7-26/h11-13H,3-10H2,1-2H3,(H,23,27). The molecule has 3 rings (SSSR count). The summed E-state index contributed by atoms with van der Waals surface area (Å²) < 4.78 is 5.33. The number of fused-ring (bicyclic) bond motifs is 1. The molecule has 0 bridgehead atoms. The van der Waals surface area contributed by atoms with Gasteiger partial charge in [-0.1, -0.05) is 37.0 Å². The van der Waals surface area contributed by atoms with Gasteiger partial charge in [-0.3, -0.25) is 9.69 Å². The van der Waals surface area contributed by atoms with Gasteiger partial charge < -0.3 is 10.1 Å². The zero-order valence-electron chi connectivity index (χ0n) is 16.7. The van der Waals surface area contributed by atoms with Crippen LogP contribution >= 0.6 is 35.0 Å². The van der Waals surface area contributed by atoms with Crippen LogP contribution in [0.5, 0.6) is 0 Å². The van der Waals surface area contributed by atoms with Crippen LogP contribution < -0.4 is 5.32 Å². The number of hydrogen-bond donors (Lipinski definition) is 1. The summed E-state index contributed by atoms with van der Waals surface area (Å²) in [5.74, 6) is 0.913. The predicted octanol–water partition coefficient (Wildman–Crippen LogP) is 3.99. The van der Waals surface area contributed by atoms with Gasteiger partial charge in [0.1, 0.15) is 5.03 Å². The number of carbonyl (C=O) groups excluding carboxylic acids is 1. The summed E-state index contributed by atoms with van der Waals surface area (Å²) in [6, 6.07) is 3.48. The fourth-order valence-electron chi connectivity index (χ4n) is 3.04. The van der Waals surface area contributed by atoms with Gasteiger partial charge >= 0.3 is 0 Å². The predicted molar refractivity (Wildman–Crippen MR) is 119 cm³/mol. The molecule has 1 amide bonds. The second kappa shape index (κ2) is 10.8. The molecule has 0 saturated carbocycles. The fourth-order valence-corrected chi connectivity index (χ4v) is 4.43. The Morgan fingerprint density at radius 2 is 1.86 bits per heavy atom. The van der Waals surface area contributed by atoms with E-state index in [0.717, 1.165) is 49.1 Å². The fraction of sp³-hybridized carbons (Fsp3) is 0.550. The lowest BCUT2D eigenvalue weighted by Gasteiger charge is -2.26. The number of amides is 1. The van der Waals surface area contributed by atoms with Gasteiger partial charge in [-0.2, -0.15) is 0 Å². The van der Waals surface area contributed by atoms with Gasteiger partial charge in [0.15, 0.2) is 0 Å². The van der Waals surface area contributed by atoms with E-state index in [2.05, 4.69) is 24.1 Å². The van der Waals surface area contributed by atoms with Crippen LogP contribution in [0.25, 0.3) is 11.0 Å². The summed E-state index contributed by atoms with van der Waals surface area (Å²) in [5.41, 5.74) is 2.35. The number of hydrogen-bond acceptors (Lipinski definition) is 6. The average molecular weight is 457 g/mol. The van der Waals surface area contributed by atoms with Gasteiger partial charge in [-0.25, -0.2) is 9.97 Å². The van der Waals surface area contributed by atoms with Crippen LogP contribution in [-0.2, 0) is 9.53 Å². The molecule has 1 aliphatic heterocycles. The number of ether oxygens (including phenoxy) is 1. The topological polar surface area (TPSA) is 67.4 Å². The van der Waals surface area contributed by atoms with Crippen molar-refractivity contribution in [1.82, 2.24) is 20.2 Å². The summed E-state index contributed by atoms with van der Waals surface area (Å²) in [7, 11) is 0. The summed E-state index contributed by atoms with van der Waals surface area (Å²) >= 11 is 13.8. The van der Waals surface area contributed by atoms with E-state index in [9.17, 15) is 4.79 Å². The highest BCUT2D eigenvalue weighted by Gasteiger charge is 2.15. The molecule has 2 heterocycles. The highest BCUT2D eigenvalue weighted by Crippen LogP contribution is 2.31. The summed E-state index contributed by atoms with van der Waals surface area (Å²) in [4.78, 5) is 23.9. The first-order valence-electron chi connectivity index (χ1n) is 9.80. The van der Waals surface area contributed by atoms with Crippen LogP contribution in [0, 0.1) is 0 Å². The molecule has 158 valence electrons. The Hall–Kier alpha value is -1.12. The molecule has 1 aliphatic rings. The van der Waals surface area contributed by atoms with Crippen molar-refractivity contribution < 1.29 is 9.53 Å². The molecule has 1 aromatic carbocycles. The van der Waals surface area contributed by atoms with Crippen LogP contribution in [-0.4, -0.2) is 65.9 Å². The summed E-state index contributed by atoms with van der Waals surface area (Å²) in [6.45, 7) is 9.08. The van der Waals surface area contributed by atoms with Crippen molar-refractivity contribution >= 4 is 51.9 Å². The third-order valence-electron chi connectivity index (χ3n) is 4.67. The lowest BCUT2D eigenvalue weighted by atomic mass is 10.1. The van der Waals surface area contributed by atoms with Gasteiger partial charge in [0.25, 0.3) is 0 Å². The van der Waals surface area contributed by atoms with E-state index in [4.69, 9.17) is 37.9 Å². The Balaban J connectivity index is 1.54. The minimum Gasteiger partial charge on any atom is -0.379 e. The number of nitrogens with one attached hydrogen (secondary N) is 1. The number of nitrogens with zero attached hydrogens (tertiary/aromatic N) is 3. The molecule has 1 N–H and O–H groups in total. The van der Waals surface area contributed by atoms with E-state index in [0.29, 0.717) is 34.3 Å². The highest BCUT2D eigenvalue weighted by atomic mass is 35.5. The van der Waals surface area contributed by atoms with Crippen molar-refractivity contribution in [2.45, 2.75) is 31.2 Å². The lowest BCUT2D eigenvalue weighted by molar-refractivity contribution is -0.120. The minimum atomic E-state index is 0.0560. The van der Waals surface area contributed by atoms with Crippen molar-refractivity contribution in [2.75, 3.05) is 45.1 Å². The second-order valence-corrected chi connectivity index (χ2v) is 9.12. The molecule has 1 saturated heterocycles. The lowest BCUT2D eigenvalue weighted by Crippen LogP contribution is -2.41. The first-order valence-corrected chi connectivity index (χ1v) is 11.5. The molecule has 0 aliphatic carbocycles. The number of morpholine rings is 1. The average Bonchev–Trinajstić information content (AvgIpc) is 2.69. The van der Waals surface area contributed by atoms with Crippen molar-refractivity contribution in [3.63, 3.8) is 0 Å². The van der Waals surface area contributed by atoms with E-state index in [-0.39, 0.29) is 11.8 Å². The van der Waals surface area contributed by atoms with Crippen molar-refractivity contribution in [3.8, 4) is 0 Å². The van der Waals surface area contributed by atoms with Crippen LogP contribution in [0.3, 0.4) is 0 Å². The Morgan fingerprint density at radius 1 is 1.21 bits per heavy atom. The van der Waals surface area contributed by atoms with Crippen LogP contribution in [0.1, 0.15) is 31.9 Å². The number of carbonyl (C=O) groups is 1. The first kappa shape index (κ1) is 22.6. The zero-order valence-corrected chi connectivity index (χ0v) is 19.0. The number of halogens is 2. The van der Waals surface area contributed by atoms with Crippen LogP contribution in [0.4, 0.5) is 0 Å². The maximum Gasteiger partial charge on any atom is 0.220 e. The second-order valence-electron chi connectivity index (χ2n) is 7.23. The Kier molecular flexibility index (Phi) is 8.38. The molecule has 1 aromatic heterocycles. The molecule has 29 heavy (non-hydrogen) atoms. The van der Waals surface area contributed by atoms with Gasteiger partial charge in [0, 0.05) is 38.4 Å². The largest absolute Gasteiger partial charge is 0.379 e. The van der Waals surface area contributed by atoms with Crippen molar-refractivity contribution in [3.05, 3.63) is 27.9 Å². The van der Waals surface area contributed by atoms with E-state index in [1.165, 1.54) is 0 Å². The molecule has 6 nitrogen and oxygen atoms in total. The van der Waals surface area contributed by atoms with E-state index in [1.54, 1.807) is 23.9 Å². The monoisotopic (exact) mass is 456 g/mol. The third-order valence-corrected chi connectivity index (χ3v) is 6.37. The maximum absolute atomic E-state index is 12.2. The number of benzene rings is 1. The normalized spacial score (nSPS) is 15.2. The van der Waals surface area contributed by atoms with E-state index < -0.39 is 0 Å². The number of aromatic nitrogens is 2. The van der Waals surface area contributed by atoms with E-state index >= 15 is 0 Å². The molecule has 0 spiro atoms. The molecular weight excluding hydrogens is 431 g/mol. The first-order chi connectivity index (χ1) is 13.9. The molecule has 2 aromatic rings. The molecule has 0 unspecified atom stereocenters. The van der Waals surface area contributed by atoms with Crippen LogP contribution in [0.15, 0.2) is 17.2 Å². The quantitative estimate of drug-likeness (QED) is 0.605. The third kappa shape index (κ3) is 6.43. The zero-order chi connectivity index (χ0) is 20.8. The minimum absolute atomic E-state index is 0.0560. The van der Waals surface area contributed by atoms with Gasteiger partial charge in [0.05, 0.1) is 40.0 Å². The molecule has 1 fully saturated rings. The summed E-state index contributed by atoms with van der Waals surface area (Å²) in [6.07, 6.45) is 0.437. The number of thioether (sulfide) groups is 1. The van der Waals surface area contributed by atoms with Crippen LogP contribution in [0.2, 0.25) is 10.0 Å². The molecule has 0 radical (unpaired) electrons. The molecular formula is C20H26Cl2N4O2S. The van der Waals surface area contributed by atoms with Crippen molar-refractivity contribution in [1.29, 1.82) is 0 Å².